The molecule has 1 heteroatoms. The summed E-state index contributed by atoms with van der Waals surface area (Å²) in [5.41, 5.74) is 2.02. The first kappa shape index (κ1) is 13.7. The van der Waals surface area contributed by atoms with E-state index in [1.807, 2.05) is 6.08 Å². The summed E-state index contributed by atoms with van der Waals surface area (Å²) in [6.45, 7) is 11.7. The molecule has 0 N–H and O–H groups in total. The monoisotopic (exact) mass is 203 g/mol. The van der Waals surface area contributed by atoms with E-state index in [-0.39, 0.29) is 0 Å². The van der Waals surface area contributed by atoms with Crippen LogP contribution in [0.25, 0.3) is 0 Å². The van der Waals surface area contributed by atoms with Gasteiger partial charge in [0.15, 0.2) is 0 Å². The standard InChI is InChI=1S/C14H21N/c1-5-12(2)7-6-8-13(3)9-10-14(4)11-15/h5,8,12H,1,4,6-7,9-10H2,2-3H3. The summed E-state index contributed by atoms with van der Waals surface area (Å²) in [4.78, 5) is 0. The van der Waals surface area contributed by atoms with Crippen LogP contribution < -0.4 is 0 Å². The van der Waals surface area contributed by atoms with Crippen molar-refractivity contribution >= 4 is 0 Å². The van der Waals surface area contributed by atoms with Crippen molar-refractivity contribution in [2.45, 2.75) is 39.5 Å². The Balaban J connectivity index is 3.75. The van der Waals surface area contributed by atoms with Crippen LogP contribution in [0, 0.1) is 17.2 Å². The minimum atomic E-state index is 0.586. The van der Waals surface area contributed by atoms with E-state index < -0.39 is 0 Å². The molecule has 0 rings (SSSR count). The maximum atomic E-state index is 8.55. The van der Waals surface area contributed by atoms with E-state index in [0.29, 0.717) is 11.5 Å². The molecule has 0 fully saturated rings. The zero-order valence-corrected chi connectivity index (χ0v) is 9.92. The number of hydrogen-bond acceptors (Lipinski definition) is 1. The maximum absolute atomic E-state index is 8.55. The Morgan fingerprint density at radius 3 is 2.67 bits per heavy atom. The second-order valence-corrected chi connectivity index (χ2v) is 4.06. The van der Waals surface area contributed by atoms with Gasteiger partial charge in [-0.25, -0.2) is 0 Å². The van der Waals surface area contributed by atoms with Crippen LogP contribution in [0.4, 0.5) is 0 Å². The van der Waals surface area contributed by atoms with Crippen molar-refractivity contribution in [2.24, 2.45) is 5.92 Å². The third kappa shape index (κ3) is 7.76. The number of nitrogens with zero attached hydrogens (tertiary/aromatic N) is 1. The largest absolute Gasteiger partial charge is 0.193 e. The molecule has 0 aliphatic heterocycles. The zero-order chi connectivity index (χ0) is 11.7. The van der Waals surface area contributed by atoms with Gasteiger partial charge in [0.05, 0.1) is 6.07 Å². The van der Waals surface area contributed by atoms with Crippen molar-refractivity contribution in [3.63, 3.8) is 0 Å². The predicted octanol–water partition coefficient (Wildman–Crippen LogP) is 4.39. The van der Waals surface area contributed by atoms with Gasteiger partial charge in [0.2, 0.25) is 0 Å². The molecule has 0 aromatic carbocycles. The van der Waals surface area contributed by atoms with Crippen LogP contribution in [0.3, 0.4) is 0 Å². The molecule has 0 spiro atoms. The van der Waals surface area contributed by atoms with Crippen molar-refractivity contribution in [2.75, 3.05) is 0 Å². The second kappa shape index (κ2) is 8.05. The summed E-state index contributed by atoms with van der Waals surface area (Å²) in [7, 11) is 0. The van der Waals surface area contributed by atoms with E-state index in [1.54, 1.807) is 0 Å². The van der Waals surface area contributed by atoms with E-state index in [4.69, 9.17) is 5.26 Å². The van der Waals surface area contributed by atoms with Crippen LogP contribution in [0.15, 0.2) is 36.5 Å². The van der Waals surface area contributed by atoms with Crippen molar-refractivity contribution in [3.05, 3.63) is 36.5 Å². The van der Waals surface area contributed by atoms with Crippen LogP contribution in [-0.4, -0.2) is 0 Å². The molecule has 0 saturated carbocycles. The van der Waals surface area contributed by atoms with E-state index in [9.17, 15) is 0 Å². The summed E-state index contributed by atoms with van der Waals surface area (Å²) in [6, 6.07) is 2.07. The Labute approximate surface area is 93.8 Å². The summed E-state index contributed by atoms with van der Waals surface area (Å²) >= 11 is 0. The Kier molecular flexibility index (Phi) is 7.36. The molecule has 0 aliphatic rings. The lowest BCUT2D eigenvalue weighted by Gasteiger charge is -2.03. The quantitative estimate of drug-likeness (QED) is 0.444. The first-order valence-corrected chi connectivity index (χ1v) is 5.46. The van der Waals surface area contributed by atoms with Crippen LogP contribution >= 0.6 is 0 Å². The van der Waals surface area contributed by atoms with Gasteiger partial charge in [0.1, 0.15) is 0 Å². The minimum Gasteiger partial charge on any atom is -0.193 e. The summed E-state index contributed by atoms with van der Waals surface area (Å²) in [6.07, 6.45) is 8.23. The highest BCUT2D eigenvalue weighted by molar-refractivity contribution is 5.17. The molecular formula is C14H21N. The highest BCUT2D eigenvalue weighted by Gasteiger charge is 1.96. The van der Waals surface area contributed by atoms with Gasteiger partial charge in [-0.3, -0.25) is 0 Å². The number of rotatable bonds is 7. The van der Waals surface area contributed by atoms with Crippen molar-refractivity contribution in [3.8, 4) is 6.07 Å². The Morgan fingerprint density at radius 1 is 1.47 bits per heavy atom. The molecule has 0 saturated heterocycles. The molecule has 0 radical (unpaired) electrons. The Morgan fingerprint density at radius 2 is 2.13 bits per heavy atom. The highest BCUT2D eigenvalue weighted by atomic mass is 14.2. The zero-order valence-electron chi connectivity index (χ0n) is 9.92. The average molecular weight is 203 g/mol. The van der Waals surface area contributed by atoms with E-state index in [0.717, 1.165) is 25.7 Å². The smallest absolute Gasteiger partial charge is 0.0940 e. The predicted molar refractivity (Wildman–Crippen MR) is 66.3 cm³/mol. The second-order valence-electron chi connectivity index (χ2n) is 4.06. The molecule has 1 nitrogen and oxygen atoms in total. The SMILES string of the molecule is C=CC(C)CCC=C(C)CCC(=C)C#N. The lowest BCUT2D eigenvalue weighted by molar-refractivity contribution is 0.656. The van der Waals surface area contributed by atoms with E-state index in [2.05, 4.69) is 39.2 Å². The first-order chi connectivity index (χ1) is 7.10. The molecule has 0 aromatic heterocycles. The average Bonchev–Trinajstić information content (AvgIpc) is 2.25. The first-order valence-electron chi connectivity index (χ1n) is 5.46. The molecule has 82 valence electrons. The molecule has 1 unspecified atom stereocenters. The molecule has 1 atom stereocenters. The van der Waals surface area contributed by atoms with Crippen molar-refractivity contribution in [1.29, 1.82) is 5.26 Å². The van der Waals surface area contributed by atoms with Gasteiger partial charge in [-0.05, 0) is 38.5 Å². The molecule has 0 aliphatic carbocycles. The van der Waals surface area contributed by atoms with Crippen LogP contribution in [0.1, 0.15) is 39.5 Å². The lowest BCUT2D eigenvalue weighted by atomic mass is 10.0. The molecule has 0 amide bonds. The summed E-state index contributed by atoms with van der Waals surface area (Å²) in [5.74, 6) is 0.586. The third-order valence-electron chi connectivity index (χ3n) is 2.50. The van der Waals surface area contributed by atoms with Gasteiger partial charge in [0.25, 0.3) is 0 Å². The molecule has 0 bridgehead atoms. The van der Waals surface area contributed by atoms with Crippen LogP contribution in [0.2, 0.25) is 0 Å². The van der Waals surface area contributed by atoms with Crippen molar-refractivity contribution < 1.29 is 0 Å². The Bertz CT molecular complexity index is 278. The van der Waals surface area contributed by atoms with Gasteiger partial charge >= 0.3 is 0 Å². The maximum Gasteiger partial charge on any atom is 0.0940 e. The minimum absolute atomic E-state index is 0.586. The fourth-order valence-electron chi connectivity index (χ4n) is 1.22. The summed E-state index contributed by atoms with van der Waals surface area (Å²) in [5, 5.41) is 8.55. The highest BCUT2D eigenvalue weighted by Crippen LogP contribution is 2.13. The van der Waals surface area contributed by atoms with Gasteiger partial charge in [-0.1, -0.05) is 31.2 Å². The third-order valence-corrected chi connectivity index (χ3v) is 2.50. The van der Waals surface area contributed by atoms with E-state index in [1.165, 1.54) is 5.57 Å². The van der Waals surface area contributed by atoms with Crippen LogP contribution in [-0.2, 0) is 0 Å². The van der Waals surface area contributed by atoms with Crippen LogP contribution in [0.5, 0.6) is 0 Å². The number of hydrogen-bond donors (Lipinski definition) is 0. The fourth-order valence-corrected chi connectivity index (χ4v) is 1.22. The fraction of sp³-hybridized carbons (Fsp3) is 0.500. The van der Waals surface area contributed by atoms with Crippen molar-refractivity contribution in [1.82, 2.24) is 0 Å². The Hall–Kier alpha value is -1.29. The topological polar surface area (TPSA) is 23.8 Å². The lowest BCUT2D eigenvalue weighted by Crippen LogP contribution is -1.87. The molecule has 0 heterocycles. The molecule has 0 aromatic rings. The van der Waals surface area contributed by atoms with Gasteiger partial charge in [-0.15, -0.1) is 6.58 Å². The van der Waals surface area contributed by atoms with Gasteiger partial charge in [-0.2, -0.15) is 5.26 Å². The van der Waals surface area contributed by atoms with Gasteiger partial charge in [0, 0.05) is 5.57 Å². The summed E-state index contributed by atoms with van der Waals surface area (Å²) < 4.78 is 0. The number of nitriles is 1. The van der Waals surface area contributed by atoms with E-state index >= 15 is 0 Å². The molecular weight excluding hydrogens is 182 g/mol. The molecule has 15 heavy (non-hydrogen) atoms. The number of allylic oxidation sites excluding steroid dienone is 4. The van der Waals surface area contributed by atoms with Gasteiger partial charge < -0.3 is 0 Å². The normalized spacial score (nSPS) is 13.0.